The zero-order valence-electron chi connectivity index (χ0n) is 18.0. The number of nitrogens with one attached hydrogen (secondary N) is 1. The number of hydrogen-bond acceptors (Lipinski definition) is 6. The van der Waals surface area contributed by atoms with Crippen LogP contribution in [-0.2, 0) is 13.0 Å². The molecule has 8 nitrogen and oxygen atoms in total. The van der Waals surface area contributed by atoms with Crippen molar-refractivity contribution in [2.45, 2.75) is 31.8 Å². The highest BCUT2D eigenvalue weighted by atomic mass is 16.5. The minimum absolute atomic E-state index is 0.0362. The predicted octanol–water partition coefficient (Wildman–Crippen LogP) is 3.90. The van der Waals surface area contributed by atoms with Gasteiger partial charge >= 0.3 is 0 Å². The highest BCUT2D eigenvalue weighted by Gasteiger charge is 2.24. The lowest BCUT2D eigenvalue weighted by Crippen LogP contribution is -2.30. The number of aryl methyl sites for hydroxylation is 1. The quantitative estimate of drug-likeness (QED) is 0.497. The molecule has 8 heteroatoms. The van der Waals surface area contributed by atoms with Crippen molar-refractivity contribution in [3.63, 3.8) is 0 Å². The van der Waals surface area contributed by atoms with Gasteiger partial charge in [-0.25, -0.2) is 9.67 Å². The lowest BCUT2D eigenvalue weighted by Gasteiger charge is -2.22. The highest BCUT2D eigenvalue weighted by Crippen LogP contribution is 2.31. The van der Waals surface area contributed by atoms with Gasteiger partial charge in [0.1, 0.15) is 17.3 Å². The number of amides is 1. The molecular weight excluding hydrogens is 408 g/mol. The van der Waals surface area contributed by atoms with E-state index in [2.05, 4.69) is 15.4 Å². The second kappa shape index (κ2) is 8.37. The van der Waals surface area contributed by atoms with Gasteiger partial charge in [0, 0.05) is 35.2 Å². The Balaban J connectivity index is 1.36. The first-order chi connectivity index (χ1) is 15.7. The Morgan fingerprint density at radius 2 is 2.12 bits per heavy atom. The number of pyridine rings is 1. The molecule has 4 aromatic rings. The number of methoxy groups -OCH3 is 2. The van der Waals surface area contributed by atoms with Crippen molar-refractivity contribution in [3.8, 4) is 11.5 Å². The van der Waals surface area contributed by atoms with Crippen LogP contribution >= 0.6 is 0 Å². The summed E-state index contributed by atoms with van der Waals surface area (Å²) in [5.41, 5.74) is 3.24. The summed E-state index contributed by atoms with van der Waals surface area (Å²) in [6.45, 7) is 0.487. The molecular formula is C24H24N4O4. The molecule has 0 aliphatic heterocycles. The average Bonchev–Trinajstić information content (AvgIpc) is 3.46. The lowest BCUT2D eigenvalue weighted by molar-refractivity contribution is 0.0932. The van der Waals surface area contributed by atoms with Gasteiger partial charge in [-0.3, -0.25) is 4.79 Å². The summed E-state index contributed by atoms with van der Waals surface area (Å²) in [6, 6.07) is 9.40. The minimum Gasteiger partial charge on any atom is -0.497 e. The zero-order chi connectivity index (χ0) is 22.1. The third-order valence-corrected chi connectivity index (χ3v) is 5.91. The van der Waals surface area contributed by atoms with Gasteiger partial charge in [-0.1, -0.05) is 0 Å². The molecule has 1 N–H and O–H groups in total. The molecule has 0 bridgehead atoms. The number of nitrogens with zero attached hydrogens (tertiary/aromatic N) is 3. The van der Waals surface area contributed by atoms with Crippen LogP contribution in [0.5, 0.6) is 11.5 Å². The topological polar surface area (TPSA) is 91.4 Å². The maximum Gasteiger partial charge on any atom is 0.253 e. The first-order valence-electron chi connectivity index (χ1n) is 10.6. The summed E-state index contributed by atoms with van der Waals surface area (Å²) in [7, 11) is 3.25. The smallest absolute Gasteiger partial charge is 0.253 e. The third kappa shape index (κ3) is 3.68. The van der Waals surface area contributed by atoms with Gasteiger partial charge in [-0.15, -0.1) is 0 Å². The van der Waals surface area contributed by atoms with Crippen LogP contribution in [-0.4, -0.2) is 34.9 Å². The molecule has 1 aromatic carbocycles. The van der Waals surface area contributed by atoms with Crippen molar-refractivity contribution < 1.29 is 18.7 Å². The Kier molecular flexibility index (Phi) is 5.26. The van der Waals surface area contributed by atoms with E-state index in [1.165, 1.54) is 0 Å². The third-order valence-electron chi connectivity index (χ3n) is 5.91. The molecule has 32 heavy (non-hydrogen) atoms. The van der Waals surface area contributed by atoms with Gasteiger partial charge in [0.15, 0.2) is 5.65 Å². The molecule has 1 unspecified atom stereocenters. The van der Waals surface area contributed by atoms with E-state index in [-0.39, 0.29) is 11.9 Å². The van der Waals surface area contributed by atoms with E-state index >= 15 is 0 Å². The van der Waals surface area contributed by atoms with Crippen molar-refractivity contribution in [1.29, 1.82) is 0 Å². The Bertz CT molecular complexity index is 1280. The second-order valence-corrected chi connectivity index (χ2v) is 7.83. The first-order valence-corrected chi connectivity index (χ1v) is 10.6. The van der Waals surface area contributed by atoms with E-state index in [1.54, 1.807) is 37.6 Å². The van der Waals surface area contributed by atoms with Crippen LogP contribution in [0.3, 0.4) is 0 Å². The molecule has 0 saturated carbocycles. The van der Waals surface area contributed by atoms with Crippen LogP contribution in [0.2, 0.25) is 0 Å². The normalized spacial score (nSPS) is 15.4. The molecule has 0 fully saturated rings. The number of carbonyl (C=O) groups excluding carboxylic acids is 1. The molecule has 0 radical (unpaired) electrons. The number of ether oxygens (including phenoxy) is 2. The van der Waals surface area contributed by atoms with Crippen LogP contribution in [0.25, 0.3) is 11.0 Å². The Morgan fingerprint density at radius 3 is 2.97 bits per heavy atom. The molecule has 1 amide bonds. The largest absolute Gasteiger partial charge is 0.497 e. The average molecular weight is 432 g/mol. The molecule has 1 aliphatic carbocycles. The number of hydrogen-bond donors (Lipinski definition) is 1. The summed E-state index contributed by atoms with van der Waals surface area (Å²) in [4.78, 5) is 17.4. The fraction of sp³-hybridized carbons (Fsp3) is 0.292. The van der Waals surface area contributed by atoms with Gasteiger partial charge in [0.2, 0.25) is 0 Å². The molecule has 1 aliphatic rings. The fourth-order valence-corrected chi connectivity index (χ4v) is 4.23. The van der Waals surface area contributed by atoms with Gasteiger partial charge in [-0.2, -0.15) is 5.10 Å². The van der Waals surface area contributed by atoms with Crippen molar-refractivity contribution in [3.05, 3.63) is 71.4 Å². The molecule has 3 aromatic heterocycles. The zero-order valence-corrected chi connectivity index (χ0v) is 18.0. The number of fused-ring (bicyclic) bond motifs is 2. The lowest BCUT2D eigenvalue weighted by atomic mass is 9.93. The molecule has 5 rings (SSSR count). The molecule has 0 saturated heterocycles. The first kappa shape index (κ1) is 20.1. The van der Waals surface area contributed by atoms with Crippen LogP contribution < -0.4 is 14.8 Å². The van der Waals surface area contributed by atoms with Crippen molar-refractivity contribution in [1.82, 2.24) is 20.1 Å². The van der Waals surface area contributed by atoms with E-state index < -0.39 is 0 Å². The number of aromatic nitrogens is 3. The Morgan fingerprint density at radius 1 is 1.22 bits per heavy atom. The number of benzene rings is 1. The van der Waals surface area contributed by atoms with Crippen molar-refractivity contribution >= 4 is 16.9 Å². The molecule has 0 spiro atoms. The monoisotopic (exact) mass is 432 g/mol. The highest BCUT2D eigenvalue weighted by molar-refractivity contribution is 5.97. The Hall–Kier alpha value is -3.81. The van der Waals surface area contributed by atoms with E-state index in [0.717, 1.165) is 53.0 Å². The Labute approximate surface area is 185 Å². The SMILES string of the molecule is COc1ccc(Cn2ncc3cc(C(=O)NC4CCCc5occc54)cnc32)c(OC)c1. The van der Waals surface area contributed by atoms with Crippen molar-refractivity contribution in [2.24, 2.45) is 0 Å². The van der Waals surface area contributed by atoms with Crippen LogP contribution in [0, 0.1) is 0 Å². The van der Waals surface area contributed by atoms with E-state index in [4.69, 9.17) is 13.9 Å². The molecule has 1 atom stereocenters. The van der Waals surface area contributed by atoms with E-state index in [1.807, 2.05) is 30.3 Å². The maximum atomic E-state index is 12.9. The summed E-state index contributed by atoms with van der Waals surface area (Å²) in [5.74, 6) is 2.26. The minimum atomic E-state index is -0.150. The number of carbonyl (C=O) groups is 1. The van der Waals surface area contributed by atoms with Gasteiger partial charge in [-0.05, 0) is 37.1 Å². The van der Waals surface area contributed by atoms with Crippen molar-refractivity contribution in [2.75, 3.05) is 14.2 Å². The van der Waals surface area contributed by atoms with E-state index in [0.29, 0.717) is 17.8 Å². The fourth-order valence-electron chi connectivity index (χ4n) is 4.23. The summed E-state index contributed by atoms with van der Waals surface area (Å²) in [5, 5.41) is 8.39. The van der Waals surface area contributed by atoms with Gasteiger partial charge in [0.25, 0.3) is 5.91 Å². The van der Waals surface area contributed by atoms with Gasteiger partial charge < -0.3 is 19.2 Å². The molecule has 164 valence electrons. The number of rotatable bonds is 6. The predicted molar refractivity (Wildman–Crippen MR) is 118 cm³/mol. The number of furan rings is 1. The molecule has 3 heterocycles. The summed E-state index contributed by atoms with van der Waals surface area (Å²) >= 11 is 0. The second-order valence-electron chi connectivity index (χ2n) is 7.83. The standard InChI is InChI=1S/C24H24N4O4/c1-30-18-7-6-15(22(11-18)31-2)14-28-23-16(13-26-28)10-17(12-25-23)24(29)27-20-4-3-5-21-19(20)8-9-32-21/h6-13,20H,3-5,14H2,1-2H3,(H,27,29). The van der Waals surface area contributed by atoms with E-state index in [9.17, 15) is 4.79 Å². The maximum absolute atomic E-state index is 12.9. The van der Waals surface area contributed by atoms with Crippen LogP contribution in [0.1, 0.15) is 46.1 Å². The van der Waals surface area contributed by atoms with Gasteiger partial charge in [0.05, 0.1) is 44.8 Å². The van der Waals surface area contributed by atoms with Crippen LogP contribution in [0.15, 0.2) is 53.4 Å². The van der Waals surface area contributed by atoms with Crippen LogP contribution in [0.4, 0.5) is 0 Å². The summed E-state index contributed by atoms with van der Waals surface area (Å²) < 4.78 is 18.1. The summed E-state index contributed by atoms with van der Waals surface area (Å²) in [6.07, 6.45) is 7.82.